The van der Waals surface area contributed by atoms with Gasteiger partial charge in [-0.15, -0.1) is 0 Å². The van der Waals surface area contributed by atoms with Gasteiger partial charge in [0, 0.05) is 24.8 Å². The first-order valence-electron chi connectivity index (χ1n) is 7.55. The number of anilines is 1. The highest BCUT2D eigenvalue weighted by Gasteiger charge is 2.19. The Hall–Kier alpha value is -1.65. The van der Waals surface area contributed by atoms with Crippen LogP contribution in [-0.2, 0) is 0 Å². The Morgan fingerprint density at radius 2 is 1.95 bits per heavy atom. The second-order valence-corrected chi connectivity index (χ2v) is 5.32. The quantitative estimate of drug-likeness (QED) is 0.898. The summed E-state index contributed by atoms with van der Waals surface area (Å²) >= 11 is 0. The van der Waals surface area contributed by atoms with Gasteiger partial charge in [0.2, 0.25) is 5.95 Å². The normalized spacial score (nSPS) is 15.3. The Bertz CT molecular complexity index is 465. The third-order valence-corrected chi connectivity index (χ3v) is 3.81. The standard InChI is InChI=1S/C15H24N4O/c1-4-19(5-2)14(20)13-10-11(3)16-15(18-13)17-12-8-6-7-9-12/h10,12H,4-9H2,1-3H3,(H,16,17,18). The van der Waals surface area contributed by atoms with Gasteiger partial charge >= 0.3 is 0 Å². The maximum Gasteiger partial charge on any atom is 0.272 e. The summed E-state index contributed by atoms with van der Waals surface area (Å²) in [7, 11) is 0. The summed E-state index contributed by atoms with van der Waals surface area (Å²) in [6.07, 6.45) is 4.84. The van der Waals surface area contributed by atoms with Crippen LogP contribution < -0.4 is 5.32 Å². The summed E-state index contributed by atoms with van der Waals surface area (Å²) in [6, 6.07) is 2.22. The molecule has 1 amide bonds. The molecule has 1 aromatic rings. The molecule has 0 aromatic carbocycles. The van der Waals surface area contributed by atoms with Crippen LogP contribution in [0.2, 0.25) is 0 Å². The first-order valence-corrected chi connectivity index (χ1v) is 7.55. The number of nitrogens with zero attached hydrogens (tertiary/aromatic N) is 3. The predicted octanol–water partition coefficient (Wildman–Crippen LogP) is 2.62. The predicted molar refractivity (Wildman–Crippen MR) is 79.9 cm³/mol. The van der Waals surface area contributed by atoms with E-state index < -0.39 is 0 Å². The molecular formula is C15H24N4O. The minimum Gasteiger partial charge on any atom is -0.351 e. The maximum atomic E-state index is 12.4. The van der Waals surface area contributed by atoms with Crippen LogP contribution in [0.4, 0.5) is 5.95 Å². The zero-order valence-electron chi connectivity index (χ0n) is 12.6. The van der Waals surface area contributed by atoms with E-state index in [0.29, 0.717) is 30.8 Å². The fourth-order valence-corrected chi connectivity index (χ4v) is 2.67. The molecule has 0 unspecified atom stereocenters. The number of hydrogen-bond acceptors (Lipinski definition) is 4. The summed E-state index contributed by atoms with van der Waals surface area (Å²) in [5, 5.41) is 3.36. The average Bonchev–Trinajstić information content (AvgIpc) is 2.92. The molecule has 110 valence electrons. The fourth-order valence-electron chi connectivity index (χ4n) is 2.67. The molecule has 0 bridgehead atoms. The minimum atomic E-state index is -0.0185. The number of carbonyl (C=O) groups is 1. The molecule has 2 rings (SSSR count). The highest BCUT2D eigenvalue weighted by molar-refractivity contribution is 5.92. The first-order chi connectivity index (χ1) is 9.63. The maximum absolute atomic E-state index is 12.4. The van der Waals surface area contributed by atoms with Gasteiger partial charge in [0.05, 0.1) is 0 Å². The van der Waals surface area contributed by atoms with E-state index in [1.165, 1.54) is 12.8 Å². The zero-order chi connectivity index (χ0) is 14.5. The van der Waals surface area contributed by atoms with Crippen molar-refractivity contribution in [2.45, 2.75) is 52.5 Å². The molecule has 1 aromatic heterocycles. The van der Waals surface area contributed by atoms with Crippen LogP contribution in [0.5, 0.6) is 0 Å². The van der Waals surface area contributed by atoms with Crippen LogP contribution in [-0.4, -0.2) is 39.9 Å². The number of rotatable bonds is 5. The number of hydrogen-bond donors (Lipinski definition) is 1. The molecular weight excluding hydrogens is 252 g/mol. The molecule has 1 heterocycles. The lowest BCUT2D eigenvalue weighted by Crippen LogP contribution is -2.31. The monoisotopic (exact) mass is 276 g/mol. The Labute approximate surface area is 120 Å². The molecule has 20 heavy (non-hydrogen) atoms. The highest BCUT2D eigenvalue weighted by Crippen LogP contribution is 2.21. The van der Waals surface area contributed by atoms with Crippen LogP contribution in [0.1, 0.15) is 55.7 Å². The third-order valence-electron chi connectivity index (χ3n) is 3.81. The van der Waals surface area contributed by atoms with E-state index >= 15 is 0 Å². The molecule has 0 radical (unpaired) electrons. The minimum absolute atomic E-state index is 0.0185. The summed E-state index contributed by atoms with van der Waals surface area (Å²) in [5.74, 6) is 0.572. The average molecular weight is 276 g/mol. The Morgan fingerprint density at radius 3 is 2.55 bits per heavy atom. The molecule has 0 atom stereocenters. The summed E-state index contributed by atoms with van der Waals surface area (Å²) in [5.41, 5.74) is 1.32. The van der Waals surface area contributed by atoms with Gasteiger partial charge in [0.15, 0.2) is 0 Å². The van der Waals surface area contributed by atoms with E-state index in [-0.39, 0.29) is 5.91 Å². The third kappa shape index (κ3) is 3.46. The Balaban J connectivity index is 2.16. The molecule has 5 nitrogen and oxygen atoms in total. The van der Waals surface area contributed by atoms with E-state index in [1.807, 2.05) is 20.8 Å². The molecule has 0 saturated heterocycles. The van der Waals surface area contributed by atoms with Crippen molar-refractivity contribution >= 4 is 11.9 Å². The van der Waals surface area contributed by atoms with E-state index in [0.717, 1.165) is 18.5 Å². The van der Waals surface area contributed by atoms with Gasteiger partial charge in [0.1, 0.15) is 5.69 Å². The van der Waals surface area contributed by atoms with E-state index in [9.17, 15) is 4.79 Å². The van der Waals surface area contributed by atoms with Crippen molar-refractivity contribution in [3.05, 3.63) is 17.5 Å². The van der Waals surface area contributed by atoms with Crippen molar-refractivity contribution in [3.63, 3.8) is 0 Å². The summed E-state index contributed by atoms with van der Waals surface area (Å²) in [6.45, 7) is 7.26. The molecule has 1 N–H and O–H groups in total. The van der Waals surface area contributed by atoms with E-state index in [2.05, 4.69) is 15.3 Å². The number of aromatic nitrogens is 2. The summed E-state index contributed by atoms with van der Waals surface area (Å²) < 4.78 is 0. The van der Waals surface area contributed by atoms with Crippen molar-refractivity contribution < 1.29 is 4.79 Å². The van der Waals surface area contributed by atoms with Gasteiger partial charge in [-0.2, -0.15) is 0 Å². The van der Waals surface area contributed by atoms with Crippen molar-refractivity contribution in [1.29, 1.82) is 0 Å². The first kappa shape index (κ1) is 14.8. The number of carbonyl (C=O) groups excluding carboxylic acids is 1. The molecule has 1 aliphatic rings. The van der Waals surface area contributed by atoms with Gasteiger partial charge in [0.25, 0.3) is 5.91 Å². The van der Waals surface area contributed by atoms with Crippen molar-refractivity contribution in [1.82, 2.24) is 14.9 Å². The van der Waals surface area contributed by atoms with Crippen molar-refractivity contribution in [3.8, 4) is 0 Å². The smallest absolute Gasteiger partial charge is 0.272 e. The van der Waals surface area contributed by atoms with Gasteiger partial charge in [-0.05, 0) is 39.7 Å². The summed E-state index contributed by atoms with van der Waals surface area (Å²) in [4.78, 5) is 22.9. The van der Waals surface area contributed by atoms with Gasteiger partial charge in [-0.3, -0.25) is 4.79 Å². The highest BCUT2D eigenvalue weighted by atomic mass is 16.2. The second-order valence-electron chi connectivity index (χ2n) is 5.32. The molecule has 1 saturated carbocycles. The molecule has 5 heteroatoms. The Morgan fingerprint density at radius 1 is 1.30 bits per heavy atom. The van der Waals surface area contributed by atoms with Crippen LogP contribution in [0.25, 0.3) is 0 Å². The van der Waals surface area contributed by atoms with Crippen LogP contribution in [0.3, 0.4) is 0 Å². The lowest BCUT2D eigenvalue weighted by atomic mass is 10.2. The SMILES string of the molecule is CCN(CC)C(=O)c1cc(C)nc(NC2CCCC2)n1. The lowest BCUT2D eigenvalue weighted by Gasteiger charge is -2.19. The molecule has 1 aliphatic carbocycles. The van der Waals surface area contributed by atoms with Crippen molar-refractivity contribution in [2.75, 3.05) is 18.4 Å². The fraction of sp³-hybridized carbons (Fsp3) is 0.667. The number of aryl methyl sites for hydroxylation is 1. The lowest BCUT2D eigenvalue weighted by molar-refractivity contribution is 0.0767. The second kappa shape index (κ2) is 6.68. The van der Waals surface area contributed by atoms with Crippen molar-refractivity contribution in [2.24, 2.45) is 0 Å². The largest absolute Gasteiger partial charge is 0.351 e. The van der Waals surface area contributed by atoms with Crippen LogP contribution >= 0.6 is 0 Å². The number of nitrogens with one attached hydrogen (secondary N) is 1. The van der Waals surface area contributed by atoms with E-state index in [4.69, 9.17) is 0 Å². The van der Waals surface area contributed by atoms with Gasteiger partial charge < -0.3 is 10.2 Å². The van der Waals surface area contributed by atoms with Crippen LogP contribution in [0.15, 0.2) is 6.07 Å². The Kier molecular flexibility index (Phi) is 4.93. The molecule has 1 fully saturated rings. The van der Waals surface area contributed by atoms with E-state index in [1.54, 1.807) is 11.0 Å². The molecule has 0 aliphatic heterocycles. The van der Waals surface area contributed by atoms with Crippen LogP contribution in [0, 0.1) is 6.92 Å². The number of amides is 1. The van der Waals surface area contributed by atoms with Gasteiger partial charge in [-0.25, -0.2) is 9.97 Å². The zero-order valence-corrected chi connectivity index (χ0v) is 12.6. The molecule has 0 spiro atoms. The topological polar surface area (TPSA) is 58.1 Å². The van der Waals surface area contributed by atoms with Gasteiger partial charge in [-0.1, -0.05) is 12.8 Å².